The maximum absolute atomic E-state index is 12.7. The fraction of sp³-hybridized carbons (Fsp3) is 0.696. The predicted molar refractivity (Wildman–Crippen MR) is 132 cm³/mol. The largest absolute Gasteiger partial charge is 0.354 e. The van der Waals surface area contributed by atoms with E-state index in [0.29, 0.717) is 35.5 Å². The number of fused-ring (bicyclic) bond motifs is 1. The highest BCUT2D eigenvalue weighted by Gasteiger charge is 2.26. The predicted octanol–water partition coefficient (Wildman–Crippen LogP) is 4.10. The van der Waals surface area contributed by atoms with Crippen LogP contribution in [0.1, 0.15) is 56.8 Å². The number of H-pyrrole nitrogens is 1. The Morgan fingerprint density at radius 3 is 2.61 bits per heavy atom. The van der Waals surface area contributed by atoms with Crippen LogP contribution < -0.4 is 10.9 Å². The van der Waals surface area contributed by atoms with Crippen molar-refractivity contribution < 1.29 is 4.79 Å². The molecule has 6 nitrogen and oxygen atoms in total. The minimum Gasteiger partial charge on any atom is -0.354 e. The number of hydrogen-bond donors (Lipinski definition) is 2. The number of thiophene rings is 1. The molecule has 0 spiro atoms. The molecule has 0 bridgehead atoms. The number of aromatic nitrogens is 2. The zero-order chi connectivity index (χ0) is 22.7. The van der Waals surface area contributed by atoms with E-state index >= 15 is 0 Å². The number of hydrogen-bond acceptors (Lipinski definition) is 6. The summed E-state index contributed by atoms with van der Waals surface area (Å²) >= 11 is 3.06. The molecule has 172 valence electrons. The average molecular weight is 465 g/mol. The van der Waals surface area contributed by atoms with Crippen LogP contribution in [0, 0.1) is 25.7 Å². The summed E-state index contributed by atoms with van der Waals surface area (Å²) in [5.74, 6) is 2.48. The molecule has 2 N–H and O–H groups in total. The van der Waals surface area contributed by atoms with Crippen LogP contribution in [0.2, 0.25) is 0 Å². The molecule has 2 aromatic heterocycles. The molecular weight excluding hydrogens is 428 g/mol. The van der Waals surface area contributed by atoms with Crippen molar-refractivity contribution in [2.75, 3.05) is 19.6 Å². The summed E-state index contributed by atoms with van der Waals surface area (Å²) in [5, 5.41) is 3.65. The van der Waals surface area contributed by atoms with Gasteiger partial charge in [-0.15, -0.1) is 23.1 Å². The molecule has 1 amide bonds. The molecule has 0 aliphatic carbocycles. The number of aromatic amines is 1. The number of amides is 1. The van der Waals surface area contributed by atoms with Gasteiger partial charge >= 0.3 is 0 Å². The molecule has 0 aromatic carbocycles. The zero-order valence-electron chi connectivity index (χ0n) is 19.6. The SMILES string of the molecule is Cc1sc2nc(CSC(C)C(=O)NCC(C(C)C)N3CCC(C)CC3)[nH]c(=O)c2c1C. The summed E-state index contributed by atoms with van der Waals surface area (Å²) < 4.78 is 0. The minimum atomic E-state index is -0.206. The first kappa shape index (κ1) is 24.3. The lowest BCUT2D eigenvalue weighted by molar-refractivity contribution is -0.120. The molecule has 2 unspecified atom stereocenters. The fourth-order valence-corrected chi connectivity index (χ4v) is 5.97. The molecule has 1 fully saturated rings. The number of piperidine rings is 1. The Balaban J connectivity index is 1.54. The van der Waals surface area contributed by atoms with Gasteiger partial charge in [-0.1, -0.05) is 20.8 Å². The molecule has 0 saturated carbocycles. The van der Waals surface area contributed by atoms with Gasteiger partial charge in [0.15, 0.2) is 0 Å². The van der Waals surface area contributed by atoms with Crippen molar-refractivity contribution in [2.45, 2.75) is 71.4 Å². The number of nitrogens with zero attached hydrogens (tertiary/aromatic N) is 2. The lowest BCUT2D eigenvalue weighted by atomic mass is 9.94. The summed E-state index contributed by atoms with van der Waals surface area (Å²) in [4.78, 5) is 37.1. The molecule has 0 radical (unpaired) electrons. The van der Waals surface area contributed by atoms with Crippen molar-refractivity contribution >= 4 is 39.2 Å². The summed E-state index contributed by atoms with van der Waals surface area (Å²) in [6, 6.07) is 0.374. The van der Waals surface area contributed by atoms with Gasteiger partial charge in [0.2, 0.25) is 5.91 Å². The average Bonchev–Trinajstić information content (AvgIpc) is 3.01. The molecule has 2 atom stereocenters. The number of thioether (sulfide) groups is 1. The Morgan fingerprint density at radius 1 is 1.29 bits per heavy atom. The highest BCUT2D eigenvalue weighted by atomic mass is 32.2. The van der Waals surface area contributed by atoms with Crippen LogP contribution in [0.15, 0.2) is 4.79 Å². The second-order valence-electron chi connectivity index (χ2n) is 9.20. The van der Waals surface area contributed by atoms with Gasteiger partial charge < -0.3 is 10.3 Å². The van der Waals surface area contributed by atoms with Crippen molar-refractivity contribution in [3.8, 4) is 0 Å². The van der Waals surface area contributed by atoms with Crippen molar-refractivity contribution in [1.29, 1.82) is 0 Å². The minimum absolute atomic E-state index is 0.0484. The third-order valence-electron chi connectivity index (χ3n) is 6.47. The van der Waals surface area contributed by atoms with Gasteiger partial charge in [-0.05, 0) is 64.1 Å². The van der Waals surface area contributed by atoms with E-state index in [0.717, 1.165) is 34.3 Å². The van der Waals surface area contributed by atoms with Crippen molar-refractivity contribution in [1.82, 2.24) is 20.2 Å². The van der Waals surface area contributed by atoms with Gasteiger partial charge in [-0.3, -0.25) is 14.5 Å². The first-order valence-electron chi connectivity index (χ1n) is 11.3. The Morgan fingerprint density at radius 2 is 1.97 bits per heavy atom. The number of carbonyl (C=O) groups excluding carboxylic acids is 1. The number of likely N-dealkylation sites (tertiary alicyclic amines) is 1. The summed E-state index contributed by atoms with van der Waals surface area (Å²) in [7, 11) is 0. The van der Waals surface area contributed by atoms with Crippen LogP contribution >= 0.6 is 23.1 Å². The third kappa shape index (κ3) is 5.90. The summed E-state index contributed by atoms with van der Waals surface area (Å²) in [5.41, 5.74) is 0.916. The molecule has 2 aromatic rings. The van der Waals surface area contributed by atoms with Crippen LogP contribution in [0.25, 0.3) is 10.2 Å². The van der Waals surface area contributed by atoms with Gasteiger partial charge in [-0.25, -0.2) is 4.98 Å². The Kier molecular flexibility index (Phi) is 8.21. The number of nitrogens with one attached hydrogen (secondary N) is 2. The second-order valence-corrected chi connectivity index (χ2v) is 11.7. The van der Waals surface area contributed by atoms with Crippen molar-refractivity contribution in [3.63, 3.8) is 0 Å². The van der Waals surface area contributed by atoms with Gasteiger partial charge in [0.05, 0.1) is 16.4 Å². The van der Waals surface area contributed by atoms with Gasteiger partial charge in [0, 0.05) is 17.5 Å². The van der Waals surface area contributed by atoms with Crippen molar-refractivity contribution in [2.24, 2.45) is 11.8 Å². The maximum atomic E-state index is 12.7. The molecule has 8 heteroatoms. The normalized spacial score (nSPS) is 17.9. The Hall–Kier alpha value is -1.38. The molecule has 31 heavy (non-hydrogen) atoms. The second kappa shape index (κ2) is 10.5. The monoisotopic (exact) mass is 464 g/mol. The molecular formula is C23H36N4O2S2. The lowest BCUT2D eigenvalue weighted by Crippen LogP contribution is -2.50. The highest BCUT2D eigenvalue weighted by Crippen LogP contribution is 2.26. The number of aryl methyl sites for hydroxylation is 2. The zero-order valence-corrected chi connectivity index (χ0v) is 21.2. The molecule has 1 aliphatic heterocycles. The Labute approximate surface area is 193 Å². The van der Waals surface area contributed by atoms with Crippen LogP contribution in [0.4, 0.5) is 0 Å². The number of rotatable bonds is 8. The van der Waals surface area contributed by atoms with Crippen LogP contribution in [0.3, 0.4) is 0 Å². The molecule has 3 rings (SSSR count). The molecule has 1 saturated heterocycles. The van der Waals surface area contributed by atoms with E-state index in [1.165, 1.54) is 24.6 Å². The quantitative estimate of drug-likeness (QED) is 0.615. The van der Waals surface area contributed by atoms with Crippen molar-refractivity contribution in [3.05, 3.63) is 26.6 Å². The van der Waals surface area contributed by atoms with E-state index in [9.17, 15) is 9.59 Å². The van der Waals surface area contributed by atoms with Gasteiger partial charge in [0.25, 0.3) is 5.56 Å². The Bertz CT molecular complexity index is 960. The van der Waals surface area contributed by atoms with Gasteiger partial charge in [0.1, 0.15) is 10.7 Å². The van der Waals surface area contributed by atoms with E-state index in [4.69, 9.17) is 0 Å². The molecule has 1 aliphatic rings. The molecule has 3 heterocycles. The first-order valence-corrected chi connectivity index (χ1v) is 13.2. The number of carbonyl (C=O) groups is 1. The fourth-order valence-electron chi connectivity index (χ4n) is 4.14. The third-order valence-corrected chi connectivity index (χ3v) is 8.72. The van der Waals surface area contributed by atoms with E-state index in [1.54, 1.807) is 11.3 Å². The standard InChI is InChI=1S/C23H36N4O2S2/c1-13(2)18(27-9-7-14(3)8-10-27)11-24-21(28)17(6)30-12-19-25-22(29)20-15(4)16(5)31-23(20)26-19/h13-14,17-18H,7-12H2,1-6H3,(H,24,28)(H,25,26,29). The summed E-state index contributed by atoms with van der Waals surface area (Å²) in [6.45, 7) is 15.6. The van der Waals surface area contributed by atoms with Gasteiger partial charge in [-0.2, -0.15) is 0 Å². The smallest absolute Gasteiger partial charge is 0.259 e. The van der Waals surface area contributed by atoms with E-state index in [1.807, 2.05) is 20.8 Å². The van der Waals surface area contributed by atoms with Crippen LogP contribution in [-0.2, 0) is 10.5 Å². The maximum Gasteiger partial charge on any atom is 0.259 e. The summed E-state index contributed by atoms with van der Waals surface area (Å²) in [6.07, 6.45) is 2.48. The topological polar surface area (TPSA) is 78.1 Å². The van der Waals surface area contributed by atoms with Crippen LogP contribution in [0.5, 0.6) is 0 Å². The van der Waals surface area contributed by atoms with Crippen LogP contribution in [-0.4, -0.2) is 51.7 Å². The van der Waals surface area contributed by atoms with E-state index in [2.05, 4.69) is 41.0 Å². The van der Waals surface area contributed by atoms with E-state index in [-0.39, 0.29) is 16.7 Å². The lowest BCUT2D eigenvalue weighted by Gasteiger charge is -2.39. The highest BCUT2D eigenvalue weighted by molar-refractivity contribution is 7.99. The first-order chi connectivity index (χ1) is 14.7. The van der Waals surface area contributed by atoms with E-state index < -0.39 is 0 Å².